The Morgan fingerprint density at radius 3 is 2.80 bits per heavy atom. The maximum absolute atomic E-state index is 10.2. The molecule has 0 spiro atoms. The Morgan fingerprint density at radius 1 is 1.40 bits per heavy atom. The molecule has 0 aliphatic carbocycles. The number of nitrogens with zero attached hydrogens (tertiary/aromatic N) is 1. The maximum atomic E-state index is 10.2. The molecule has 1 atom stereocenters. The third kappa shape index (κ3) is 1.75. The number of nitrogens with one attached hydrogen (secondary N) is 1. The summed E-state index contributed by atoms with van der Waals surface area (Å²) in [5.41, 5.74) is 2.53. The van der Waals surface area contributed by atoms with Gasteiger partial charge in [-0.3, -0.25) is 4.98 Å². The van der Waals surface area contributed by atoms with Gasteiger partial charge in [0.2, 0.25) is 0 Å². The van der Waals surface area contributed by atoms with Gasteiger partial charge in [0.05, 0.1) is 17.1 Å². The lowest BCUT2D eigenvalue weighted by Crippen LogP contribution is -2.17. The number of pyridine rings is 1. The van der Waals surface area contributed by atoms with Crippen molar-refractivity contribution in [3.8, 4) is 0 Å². The summed E-state index contributed by atoms with van der Waals surface area (Å²) < 4.78 is 0. The molecule has 0 saturated carbocycles. The largest absolute Gasteiger partial charge is 0.388 e. The molecule has 0 fully saturated rings. The molecule has 0 aliphatic rings. The van der Waals surface area contributed by atoms with Crippen LogP contribution in [0.25, 0.3) is 11.0 Å². The standard InChI is InChI=1S/C12H16N2O/c1-12(2,3)11(15)8-7-14-9-5-4-6-13-10(8)9/h4-7,11,14-15H,1-3H3. The van der Waals surface area contributed by atoms with Gasteiger partial charge in [0.25, 0.3) is 0 Å². The first-order chi connectivity index (χ1) is 7.00. The number of hydrogen-bond donors (Lipinski definition) is 2. The van der Waals surface area contributed by atoms with Gasteiger partial charge in [0, 0.05) is 18.0 Å². The monoisotopic (exact) mass is 204 g/mol. The van der Waals surface area contributed by atoms with E-state index in [2.05, 4.69) is 9.97 Å². The van der Waals surface area contributed by atoms with Crippen LogP contribution in [-0.2, 0) is 0 Å². The van der Waals surface area contributed by atoms with Crippen molar-refractivity contribution in [2.24, 2.45) is 5.41 Å². The van der Waals surface area contributed by atoms with Gasteiger partial charge in [-0.2, -0.15) is 0 Å². The van der Waals surface area contributed by atoms with Crippen LogP contribution in [-0.4, -0.2) is 15.1 Å². The van der Waals surface area contributed by atoms with E-state index in [0.717, 1.165) is 16.6 Å². The van der Waals surface area contributed by atoms with Crippen molar-refractivity contribution in [2.75, 3.05) is 0 Å². The predicted octanol–water partition coefficient (Wildman–Crippen LogP) is 2.64. The van der Waals surface area contributed by atoms with Gasteiger partial charge in [-0.1, -0.05) is 20.8 Å². The van der Waals surface area contributed by atoms with Gasteiger partial charge in [0.1, 0.15) is 0 Å². The van der Waals surface area contributed by atoms with Crippen molar-refractivity contribution in [3.63, 3.8) is 0 Å². The quantitative estimate of drug-likeness (QED) is 0.750. The van der Waals surface area contributed by atoms with E-state index in [0.29, 0.717) is 0 Å². The van der Waals surface area contributed by atoms with Crippen LogP contribution in [0, 0.1) is 5.41 Å². The highest BCUT2D eigenvalue weighted by Crippen LogP contribution is 2.35. The molecular weight excluding hydrogens is 188 g/mol. The number of aromatic nitrogens is 2. The number of aromatic amines is 1. The molecule has 80 valence electrons. The molecule has 0 bridgehead atoms. The van der Waals surface area contributed by atoms with E-state index < -0.39 is 6.10 Å². The highest BCUT2D eigenvalue weighted by Gasteiger charge is 2.26. The molecule has 0 saturated heterocycles. The number of aliphatic hydroxyl groups is 1. The normalized spacial score (nSPS) is 14.4. The molecule has 0 amide bonds. The number of hydrogen-bond acceptors (Lipinski definition) is 2. The summed E-state index contributed by atoms with van der Waals surface area (Å²) in [7, 11) is 0. The molecule has 2 aromatic rings. The fourth-order valence-corrected chi connectivity index (χ4v) is 1.65. The summed E-state index contributed by atoms with van der Waals surface area (Å²) in [6.07, 6.45) is 3.09. The predicted molar refractivity (Wildman–Crippen MR) is 60.5 cm³/mol. The molecule has 0 radical (unpaired) electrons. The van der Waals surface area contributed by atoms with E-state index in [4.69, 9.17) is 0 Å². The van der Waals surface area contributed by atoms with Gasteiger partial charge in [0.15, 0.2) is 0 Å². The lowest BCUT2D eigenvalue weighted by Gasteiger charge is -2.25. The molecule has 1 unspecified atom stereocenters. The molecule has 3 nitrogen and oxygen atoms in total. The van der Waals surface area contributed by atoms with Gasteiger partial charge in [-0.15, -0.1) is 0 Å². The van der Waals surface area contributed by atoms with E-state index in [-0.39, 0.29) is 5.41 Å². The molecule has 0 aromatic carbocycles. The first-order valence-electron chi connectivity index (χ1n) is 5.10. The van der Waals surface area contributed by atoms with Gasteiger partial charge < -0.3 is 10.1 Å². The van der Waals surface area contributed by atoms with Crippen LogP contribution in [0.5, 0.6) is 0 Å². The van der Waals surface area contributed by atoms with Crippen molar-refractivity contribution in [2.45, 2.75) is 26.9 Å². The minimum absolute atomic E-state index is 0.174. The van der Waals surface area contributed by atoms with Crippen molar-refractivity contribution in [1.29, 1.82) is 0 Å². The van der Waals surface area contributed by atoms with Gasteiger partial charge in [-0.25, -0.2) is 0 Å². The van der Waals surface area contributed by atoms with E-state index >= 15 is 0 Å². The zero-order chi connectivity index (χ0) is 11.1. The minimum Gasteiger partial charge on any atom is -0.388 e. The summed E-state index contributed by atoms with van der Waals surface area (Å²) in [6, 6.07) is 3.84. The molecule has 15 heavy (non-hydrogen) atoms. The first-order valence-corrected chi connectivity index (χ1v) is 5.10. The fourth-order valence-electron chi connectivity index (χ4n) is 1.65. The van der Waals surface area contributed by atoms with E-state index in [1.807, 2.05) is 39.1 Å². The maximum Gasteiger partial charge on any atom is 0.0937 e. The molecule has 2 aromatic heterocycles. The smallest absolute Gasteiger partial charge is 0.0937 e. The average Bonchev–Trinajstić information content (AvgIpc) is 2.58. The fraction of sp³-hybridized carbons (Fsp3) is 0.417. The number of rotatable bonds is 1. The SMILES string of the molecule is CC(C)(C)C(O)c1c[nH]c2cccnc12. The van der Waals surface area contributed by atoms with Gasteiger partial charge >= 0.3 is 0 Å². The van der Waals surface area contributed by atoms with Crippen LogP contribution in [0.1, 0.15) is 32.4 Å². The van der Waals surface area contributed by atoms with Crippen molar-refractivity contribution < 1.29 is 5.11 Å². The molecular formula is C12H16N2O. The third-order valence-electron chi connectivity index (χ3n) is 2.58. The van der Waals surface area contributed by atoms with E-state index in [9.17, 15) is 5.11 Å². The lowest BCUT2D eigenvalue weighted by molar-refractivity contribution is 0.0638. The van der Waals surface area contributed by atoms with Crippen LogP contribution in [0.15, 0.2) is 24.5 Å². The Kier molecular flexibility index (Phi) is 2.27. The summed E-state index contributed by atoms with van der Waals surface area (Å²) in [6.45, 7) is 6.04. The molecule has 2 heterocycles. The Morgan fingerprint density at radius 2 is 2.13 bits per heavy atom. The highest BCUT2D eigenvalue weighted by molar-refractivity contribution is 5.78. The van der Waals surface area contributed by atoms with Crippen molar-refractivity contribution in [1.82, 2.24) is 9.97 Å². The van der Waals surface area contributed by atoms with Crippen molar-refractivity contribution in [3.05, 3.63) is 30.1 Å². The van der Waals surface area contributed by atoms with Crippen LogP contribution >= 0.6 is 0 Å². The number of H-pyrrole nitrogens is 1. The Balaban J connectivity index is 2.53. The summed E-state index contributed by atoms with van der Waals surface area (Å²) in [5, 5.41) is 10.2. The number of fused-ring (bicyclic) bond motifs is 1. The van der Waals surface area contributed by atoms with Gasteiger partial charge in [-0.05, 0) is 17.5 Å². The van der Waals surface area contributed by atoms with Crippen LogP contribution in [0.2, 0.25) is 0 Å². The molecule has 0 aliphatic heterocycles. The second-order valence-electron chi connectivity index (χ2n) is 4.91. The van der Waals surface area contributed by atoms with Crippen LogP contribution in [0.4, 0.5) is 0 Å². The molecule has 2 N–H and O–H groups in total. The Labute approximate surface area is 89.2 Å². The zero-order valence-electron chi connectivity index (χ0n) is 9.28. The Bertz CT molecular complexity index is 468. The minimum atomic E-state index is -0.499. The van der Waals surface area contributed by atoms with E-state index in [1.165, 1.54) is 0 Å². The van der Waals surface area contributed by atoms with Crippen LogP contribution < -0.4 is 0 Å². The number of aliphatic hydroxyl groups excluding tert-OH is 1. The lowest BCUT2D eigenvalue weighted by atomic mass is 9.85. The summed E-state index contributed by atoms with van der Waals surface area (Å²) in [4.78, 5) is 7.40. The zero-order valence-corrected chi connectivity index (χ0v) is 9.28. The second-order valence-corrected chi connectivity index (χ2v) is 4.91. The van der Waals surface area contributed by atoms with Crippen LogP contribution in [0.3, 0.4) is 0 Å². The summed E-state index contributed by atoms with van der Waals surface area (Å²) >= 11 is 0. The summed E-state index contributed by atoms with van der Waals surface area (Å²) in [5.74, 6) is 0. The topological polar surface area (TPSA) is 48.9 Å². The van der Waals surface area contributed by atoms with E-state index in [1.54, 1.807) is 6.20 Å². The molecule has 2 rings (SSSR count). The second kappa shape index (κ2) is 3.35. The van der Waals surface area contributed by atoms with Crippen molar-refractivity contribution >= 4 is 11.0 Å². The Hall–Kier alpha value is -1.35. The average molecular weight is 204 g/mol. The highest BCUT2D eigenvalue weighted by atomic mass is 16.3. The molecule has 3 heteroatoms. The third-order valence-corrected chi connectivity index (χ3v) is 2.58. The first kappa shape index (κ1) is 10.2.